The Morgan fingerprint density at radius 1 is 0.921 bits per heavy atom. The van der Waals surface area contributed by atoms with E-state index in [9.17, 15) is 21.5 Å². The van der Waals surface area contributed by atoms with Crippen LogP contribution in [0.5, 0.6) is 0 Å². The van der Waals surface area contributed by atoms with Gasteiger partial charge in [-0.15, -0.1) is 3.89 Å². The van der Waals surface area contributed by atoms with E-state index >= 15 is 0 Å². The van der Waals surface area contributed by atoms with Gasteiger partial charge in [-0.2, -0.15) is 8.42 Å². The van der Waals surface area contributed by atoms with Crippen molar-refractivity contribution in [3.8, 4) is 11.1 Å². The van der Waals surface area contributed by atoms with Crippen molar-refractivity contribution < 1.29 is 21.5 Å². The fourth-order valence-corrected chi connectivity index (χ4v) is 6.06. The van der Waals surface area contributed by atoms with Gasteiger partial charge in [0.25, 0.3) is 0 Å². The van der Waals surface area contributed by atoms with E-state index in [-0.39, 0.29) is 17.5 Å². The molecule has 0 saturated carbocycles. The molecule has 0 spiro atoms. The molecule has 190 valence electrons. The molecule has 1 heterocycles. The van der Waals surface area contributed by atoms with Gasteiger partial charge in [0.2, 0.25) is 0 Å². The smallest absolute Gasteiger partial charge is 0.332 e. The van der Waals surface area contributed by atoms with Crippen molar-refractivity contribution >= 4 is 28.2 Å². The second-order valence-corrected chi connectivity index (χ2v) is 11.0. The molecule has 2 atom stereocenters. The summed E-state index contributed by atoms with van der Waals surface area (Å²) in [5.74, 6) is -1.10. The average molecular weight is 528 g/mol. The first-order valence-corrected chi connectivity index (χ1v) is 13.7. The van der Waals surface area contributed by atoms with Crippen molar-refractivity contribution in [2.24, 2.45) is 5.92 Å². The van der Waals surface area contributed by atoms with Crippen molar-refractivity contribution in [1.29, 1.82) is 0 Å². The van der Waals surface area contributed by atoms with Gasteiger partial charge in [0.1, 0.15) is 5.82 Å². The van der Waals surface area contributed by atoms with E-state index < -0.39 is 21.0 Å². The van der Waals surface area contributed by atoms with Crippen molar-refractivity contribution in [3.63, 3.8) is 0 Å². The number of carbonyl (C=O) groups is 1. The predicted molar refractivity (Wildman–Crippen MR) is 143 cm³/mol. The molecule has 3 aliphatic rings. The molecule has 4 nitrogen and oxygen atoms in total. The fourth-order valence-electron chi connectivity index (χ4n) is 5.60. The topological polar surface area (TPSA) is 63.2 Å². The van der Waals surface area contributed by atoms with Crippen molar-refractivity contribution in [2.75, 3.05) is 0 Å². The van der Waals surface area contributed by atoms with Crippen LogP contribution >= 0.6 is 0 Å². The molecule has 3 aromatic carbocycles. The first-order valence-electron chi connectivity index (χ1n) is 12.3. The van der Waals surface area contributed by atoms with Crippen LogP contribution in [-0.4, -0.2) is 14.2 Å². The molecule has 0 bridgehead atoms. The molecule has 0 amide bonds. The molecule has 1 aliphatic heterocycles. The number of halogens is 2. The molecule has 0 saturated heterocycles. The molecule has 0 radical (unpaired) electrons. The highest BCUT2D eigenvalue weighted by Gasteiger charge is 2.31. The highest BCUT2D eigenvalue weighted by Crippen LogP contribution is 2.35. The van der Waals surface area contributed by atoms with Gasteiger partial charge >= 0.3 is 10.2 Å². The third kappa shape index (κ3) is 4.33. The van der Waals surface area contributed by atoms with Gasteiger partial charge in [-0.1, -0.05) is 54.6 Å². The number of nitrogens with one attached hydrogen (secondary N) is 1. The predicted octanol–water partition coefficient (Wildman–Crippen LogP) is 4.81. The number of rotatable bonds is 4. The third-order valence-electron chi connectivity index (χ3n) is 7.42. The number of ketones is 1. The molecule has 1 N–H and O–H groups in total. The number of hydrogen-bond acceptors (Lipinski definition) is 4. The molecule has 38 heavy (non-hydrogen) atoms. The Labute approximate surface area is 219 Å². The van der Waals surface area contributed by atoms with Gasteiger partial charge in [-0.25, -0.2) is 4.39 Å². The Morgan fingerprint density at radius 3 is 2.53 bits per heavy atom. The Balaban J connectivity index is 1.51. The first-order chi connectivity index (χ1) is 18.3. The van der Waals surface area contributed by atoms with Crippen LogP contribution in [0.3, 0.4) is 0 Å². The quantitative estimate of drug-likeness (QED) is 0.391. The number of benzene rings is 3. The normalized spacial score (nSPS) is 19.5. The summed E-state index contributed by atoms with van der Waals surface area (Å²) in [5, 5.41) is 5.26. The first kappa shape index (κ1) is 24.2. The van der Waals surface area contributed by atoms with Gasteiger partial charge in [0.15, 0.2) is 5.78 Å². The molecule has 2 aliphatic carbocycles. The molecule has 0 aromatic heterocycles. The summed E-state index contributed by atoms with van der Waals surface area (Å²) in [4.78, 5) is 13.2. The van der Waals surface area contributed by atoms with Crippen molar-refractivity contribution in [3.05, 3.63) is 124 Å². The molecule has 3 aromatic rings. The van der Waals surface area contributed by atoms with Gasteiger partial charge in [-0.05, 0) is 82.0 Å². The van der Waals surface area contributed by atoms with E-state index in [2.05, 4.69) is 17.5 Å². The highest BCUT2D eigenvalue weighted by molar-refractivity contribution is 7.86. The summed E-state index contributed by atoms with van der Waals surface area (Å²) < 4.78 is 50.0. The molecular weight excluding hydrogens is 504 g/mol. The zero-order chi connectivity index (χ0) is 26.4. The zero-order valence-electron chi connectivity index (χ0n) is 20.2. The lowest BCUT2D eigenvalue weighted by Gasteiger charge is -2.30. The number of allylic oxidation sites excluding steroid dienone is 5. The Kier molecular flexibility index (Phi) is 5.95. The molecule has 2 unspecified atom stereocenters. The van der Waals surface area contributed by atoms with E-state index in [0.29, 0.717) is 18.4 Å². The Bertz CT molecular complexity index is 1800. The maximum Gasteiger partial charge on any atom is 0.332 e. The summed E-state index contributed by atoms with van der Waals surface area (Å²) in [5.41, 5.74) is 5.15. The van der Waals surface area contributed by atoms with Crippen molar-refractivity contribution in [1.82, 2.24) is 5.32 Å². The van der Waals surface area contributed by atoms with Crippen LogP contribution in [0.4, 0.5) is 8.28 Å². The minimum absolute atomic E-state index is 0.116. The maximum atomic E-state index is 14.2. The summed E-state index contributed by atoms with van der Waals surface area (Å²) in [7, 11) is -4.85. The summed E-state index contributed by atoms with van der Waals surface area (Å²) in [6.07, 6.45) is 14.9. The van der Waals surface area contributed by atoms with Gasteiger partial charge in [0.05, 0.1) is 4.90 Å². The third-order valence-corrected chi connectivity index (χ3v) is 8.25. The number of Topliss-reactive ketones (excluding diaryl/α,β-unsaturated/α-hetero) is 1. The number of fused-ring (bicyclic) bond motifs is 5. The lowest BCUT2D eigenvalue weighted by Crippen LogP contribution is -2.40. The van der Waals surface area contributed by atoms with E-state index in [0.717, 1.165) is 50.5 Å². The van der Waals surface area contributed by atoms with E-state index in [1.807, 2.05) is 48.7 Å². The van der Waals surface area contributed by atoms with Crippen LogP contribution in [0.25, 0.3) is 23.3 Å². The largest absolute Gasteiger partial charge is 0.364 e. The lowest BCUT2D eigenvalue weighted by molar-refractivity contribution is 0.0943. The van der Waals surface area contributed by atoms with Gasteiger partial charge in [-0.3, -0.25) is 4.79 Å². The second kappa shape index (κ2) is 9.33. The maximum absolute atomic E-state index is 14.2. The standard InChI is InChI=1S/C31H23F2NO3S/c32-22-9-5-19-8-12-25-24(27(19)18-22)13-14-26-28(25)16-21(17-29(26)30-4-2-1-3-15-34-30)31(35)20-6-10-23(11-7-20)38(33,36)37/h1-7,9-16,18,21,29,34H,8,17H2. The number of carbonyl (C=O) groups excluding carboxylic acids is 1. The van der Waals surface area contributed by atoms with Crippen molar-refractivity contribution in [2.45, 2.75) is 23.7 Å². The minimum Gasteiger partial charge on any atom is -0.364 e. The fraction of sp³-hybridized carbons (Fsp3) is 0.129. The van der Waals surface area contributed by atoms with E-state index in [1.54, 1.807) is 6.07 Å². The van der Waals surface area contributed by atoms with Crippen LogP contribution in [-0.2, 0) is 16.6 Å². The van der Waals surface area contributed by atoms with Gasteiger partial charge in [0, 0.05) is 29.3 Å². The lowest BCUT2D eigenvalue weighted by atomic mass is 9.75. The van der Waals surface area contributed by atoms with Crippen LogP contribution < -0.4 is 15.8 Å². The van der Waals surface area contributed by atoms with E-state index in [1.165, 1.54) is 18.2 Å². The van der Waals surface area contributed by atoms with Crippen LogP contribution in [0.2, 0.25) is 0 Å². The SMILES string of the molecule is O=C(c1ccc(S(=O)(=O)F)cc1)C1C=c2c(ccc3c2=CCc2ccc(F)cc2-3)C(C2=CC=CC=CN2)C1. The summed E-state index contributed by atoms with van der Waals surface area (Å²) in [6.45, 7) is 0. The van der Waals surface area contributed by atoms with Gasteiger partial charge < -0.3 is 5.32 Å². The highest BCUT2D eigenvalue weighted by atomic mass is 32.3. The Hall–Kier alpha value is -4.10. The molecule has 0 fully saturated rings. The van der Waals surface area contributed by atoms with Crippen LogP contribution in [0.1, 0.15) is 33.8 Å². The molecule has 6 rings (SSSR count). The van der Waals surface area contributed by atoms with E-state index in [4.69, 9.17) is 0 Å². The number of hydrogen-bond donors (Lipinski definition) is 1. The molecular formula is C31H23F2NO3S. The zero-order valence-corrected chi connectivity index (χ0v) is 21.0. The average Bonchev–Trinajstić information content (AvgIpc) is 3.21. The molecule has 7 heteroatoms. The monoisotopic (exact) mass is 527 g/mol. The summed E-state index contributed by atoms with van der Waals surface area (Å²) in [6, 6.07) is 13.9. The Morgan fingerprint density at radius 2 is 1.74 bits per heavy atom. The second-order valence-electron chi connectivity index (χ2n) is 9.64. The summed E-state index contributed by atoms with van der Waals surface area (Å²) >= 11 is 0. The van der Waals surface area contributed by atoms with Crippen LogP contribution in [0.15, 0.2) is 95.7 Å². The van der Waals surface area contributed by atoms with Crippen LogP contribution in [0, 0.1) is 11.7 Å². The minimum atomic E-state index is -4.85.